The van der Waals surface area contributed by atoms with Crippen LogP contribution in [0.25, 0.3) is 0 Å². The predicted octanol–water partition coefficient (Wildman–Crippen LogP) is 6.40. The monoisotopic (exact) mass is 535 g/mol. The molecule has 0 radical (unpaired) electrons. The van der Waals surface area contributed by atoms with Crippen molar-refractivity contribution in [2.24, 2.45) is 15.0 Å². The van der Waals surface area contributed by atoms with E-state index in [2.05, 4.69) is 76.2 Å². The minimum Gasteiger partial charge on any atom is -0.478 e. The molecule has 40 heavy (non-hydrogen) atoms. The van der Waals surface area contributed by atoms with Gasteiger partial charge in [0.25, 0.3) is 0 Å². The Morgan fingerprint density at radius 1 is 0.550 bits per heavy atom. The number of nitrogens with zero attached hydrogens (tertiary/aromatic N) is 3. The van der Waals surface area contributed by atoms with Gasteiger partial charge in [-0.3, -0.25) is 0 Å². The summed E-state index contributed by atoms with van der Waals surface area (Å²) >= 11 is 0. The van der Waals surface area contributed by atoms with E-state index < -0.39 is 0 Å². The summed E-state index contributed by atoms with van der Waals surface area (Å²) in [5.41, 5.74) is 9.93. The number of rotatable bonds is 8. The smallest absolute Gasteiger partial charge is 0.188 e. The fourth-order valence-corrected chi connectivity index (χ4v) is 6.01. The molecule has 3 atom stereocenters. The van der Waals surface area contributed by atoms with E-state index in [-0.39, 0.29) is 18.1 Å². The van der Waals surface area contributed by atoms with Gasteiger partial charge in [0.05, 0.1) is 6.04 Å². The van der Waals surface area contributed by atoms with E-state index >= 15 is 0 Å². The Hall–Kier alpha value is -3.93. The molecule has 3 aromatic rings. The maximum absolute atomic E-state index is 6.14. The molecule has 0 fully saturated rings. The van der Waals surface area contributed by atoms with Gasteiger partial charge in [0.15, 0.2) is 17.7 Å². The van der Waals surface area contributed by atoms with E-state index in [1.165, 1.54) is 44.5 Å². The Labute approximate surface area is 236 Å². The molecule has 0 aromatic heterocycles. The number of aliphatic imine (C=N–C) groups is 3. The van der Waals surface area contributed by atoms with Gasteiger partial charge in [-0.15, -0.1) is 0 Å². The van der Waals surface area contributed by atoms with Gasteiger partial charge < -0.3 is 14.2 Å². The molecule has 0 saturated heterocycles. The van der Waals surface area contributed by atoms with Crippen LogP contribution in [0.2, 0.25) is 0 Å². The molecule has 206 valence electrons. The van der Waals surface area contributed by atoms with E-state index in [1.807, 2.05) is 12.1 Å². The van der Waals surface area contributed by atoms with Crippen molar-refractivity contribution in [2.75, 3.05) is 19.8 Å². The topological polar surface area (TPSA) is 64.8 Å². The third kappa shape index (κ3) is 5.40. The van der Waals surface area contributed by atoms with E-state index in [9.17, 15) is 0 Å². The average molecular weight is 536 g/mol. The third-order valence-corrected chi connectivity index (χ3v) is 8.34. The third-order valence-electron chi connectivity index (χ3n) is 8.34. The molecule has 6 rings (SSSR count). The van der Waals surface area contributed by atoms with Gasteiger partial charge in [-0.05, 0) is 72.2 Å². The summed E-state index contributed by atoms with van der Waals surface area (Å²) in [6, 6.07) is 21.0. The van der Waals surface area contributed by atoms with Crippen LogP contribution in [0.15, 0.2) is 75.6 Å². The summed E-state index contributed by atoms with van der Waals surface area (Å²) in [5.74, 6) is 2.40. The zero-order valence-corrected chi connectivity index (χ0v) is 23.8. The van der Waals surface area contributed by atoms with Gasteiger partial charge in [-0.25, -0.2) is 15.0 Å². The summed E-state index contributed by atoms with van der Waals surface area (Å²) in [6.45, 7) is 10.5. The first kappa shape index (κ1) is 26.3. The van der Waals surface area contributed by atoms with Crippen molar-refractivity contribution in [3.05, 3.63) is 105 Å². The predicted molar refractivity (Wildman–Crippen MR) is 160 cm³/mol. The van der Waals surface area contributed by atoms with Crippen molar-refractivity contribution in [3.8, 4) is 0 Å². The lowest BCUT2D eigenvalue weighted by Crippen LogP contribution is -2.16. The maximum atomic E-state index is 6.14. The van der Waals surface area contributed by atoms with Gasteiger partial charge in [0.2, 0.25) is 0 Å². The highest BCUT2D eigenvalue weighted by molar-refractivity contribution is 5.85. The minimum atomic E-state index is 0.0418. The number of hydrogen-bond acceptors (Lipinski definition) is 6. The SMILES string of the molecule is Cc1c(CC2=N[C@H](C)CO2)c(C)c(CC2=N[C@@H](c3ccccc3)CO2)c(C)c1CC1=N[C@@H](c2ccccc2)CO1. The first-order valence-corrected chi connectivity index (χ1v) is 14.2. The second-order valence-electron chi connectivity index (χ2n) is 11.0. The summed E-state index contributed by atoms with van der Waals surface area (Å²) in [4.78, 5) is 14.7. The zero-order valence-electron chi connectivity index (χ0n) is 23.8. The first-order chi connectivity index (χ1) is 19.5. The highest BCUT2D eigenvalue weighted by Crippen LogP contribution is 2.33. The number of hydrogen-bond donors (Lipinski definition) is 0. The van der Waals surface area contributed by atoms with Gasteiger partial charge in [-0.1, -0.05) is 60.7 Å². The highest BCUT2D eigenvalue weighted by atomic mass is 16.5. The largest absolute Gasteiger partial charge is 0.478 e. The lowest BCUT2D eigenvalue weighted by molar-refractivity contribution is 0.313. The quantitative estimate of drug-likeness (QED) is 0.335. The van der Waals surface area contributed by atoms with Crippen LogP contribution in [0.3, 0.4) is 0 Å². The van der Waals surface area contributed by atoms with E-state index in [0.717, 1.165) is 17.7 Å². The summed E-state index contributed by atoms with van der Waals surface area (Å²) in [5, 5.41) is 0. The molecule has 3 aromatic carbocycles. The van der Waals surface area contributed by atoms with Crippen LogP contribution in [0.4, 0.5) is 0 Å². The van der Waals surface area contributed by atoms with Gasteiger partial charge >= 0.3 is 0 Å². The molecule has 0 saturated carbocycles. The van der Waals surface area contributed by atoms with Gasteiger partial charge in [0, 0.05) is 19.3 Å². The molecule has 0 N–H and O–H groups in total. The average Bonchev–Trinajstić information content (AvgIpc) is 3.74. The van der Waals surface area contributed by atoms with E-state index in [1.54, 1.807) is 0 Å². The number of benzene rings is 3. The Kier molecular flexibility index (Phi) is 7.42. The molecule has 3 aliphatic rings. The lowest BCUT2D eigenvalue weighted by atomic mass is 9.84. The van der Waals surface area contributed by atoms with Crippen molar-refractivity contribution in [1.29, 1.82) is 0 Å². The van der Waals surface area contributed by atoms with Crippen LogP contribution in [-0.2, 0) is 33.5 Å². The van der Waals surface area contributed by atoms with Crippen LogP contribution in [0, 0.1) is 20.8 Å². The fourth-order valence-electron chi connectivity index (χ4n) is 6.01. The molecule has 0 amide bonds. The molecular formula is C34H37N3O3. The number of ether oxygens (including phenoxy) is 3. The molecule has 3 aliphatic heterocycles. The van der Waals surface area contributed by atoms with Crippen molar-refractivity contribution >= 4 is 17.7 Å². The summed E-state index contributed by atoms with van der Waals surface area (Å²) in [7, 11) is 0. The molecular weight excluding hydrogens is 498 g/mol. The summed E-state index contributed by atoms with van der Waals surface area (Å²) in [6.07, 6.45) is 2.00. The Morgan fingerprint density at radius 2 is 0.925 bits per heavy atom. The van der Waals surface area contributed by atoms with Crippen molar-refractivity contribution in [1.82, 2.24) is 0 Å². The van der Waals surface area contributed by atoms with Crippen LogP contribution >= 0.6 is 0 Å². The van der Waals surface area contributed by atoms with Crippen LogP contribution in [0.5, 0.6) is 0 Å². The van der Waals surface area contributed by atoms with E-state index in [4.69, 9.17) is 29.2 Å². The van der Waals surface area contributed by atoms with E-state index in [0.29, 0.717) is 39.1 Å². The fraction of sp³-hybridized carbons (Fsp3) is 0.382. The van der Waals surface area contributed by atoms with Gasteiger partial charge in [0.1, 0.15) is 31.9 Å². The molecule has 0 aliphatic carbocycles. The molecule has 3 heterocycles. The standard InChI is InChI=1S/C34H37N3O3/c1-21-18-38-32(35-21)15-27-22(2)28(16-33-36-30(19-39-33)25-11-7-5-8-12-25)24(4)29(23(27)3)17-34-37-31(20-40-34)26-13-9-6-10-14-26/h5-14,21,30-31H,15-20H2,1-4H3/t21-,30-,31-/m1/s1. The minimum absolute atomic E-state index is 0.0418. The Balaban J connectivity index is 1.34. The highest BCUT2D eigenvalue weighted by Gasteiger charge is 2.27. The zero-order chi connectivity index (χ0) is 27.6. The van der Waals surface area contributed by atoms with Crippen molar-refractivity contribution in [2.45, 2.75) is 65.1 Å². The van der Waals surface area contributed by atoms with Crippen molar-refractivity contribution in [3.63, 3.8) is 0 Å². The Bertz CT molecular complexity index is 1380. The molecule has 6 nitrogen and oxygen atoms in total. The van der Waals surface area contributed by atoms with Crippen LogP contribution < -0.4 is 0 Å². The molecule has 0 bridgehead atoms. The van der Waals surface area contributed by atoms with Crippen molar-refractivity contribution < 1.29 is 14.2 Å². The van der Waals surface area contributed by atoms with Gasteiger partial charge in [-0.2, -0.15) is 0 Å². The molecule has 0 unspecified atom stereocenters. The van der Waals surface area contributed by atoms with Crippen LogP contribution in [0.1, 0.15) is 63.5 Å². The summed E-state index contributed by atoms with van der Waals surface area (Å²) < 4.78 is 18.2. The molecule has 0 spiro atoms. The van der Waals surface area contributed by atoms with Crippen LogP contribution in [-0.4, -0.2) is 43.6 Å². The first-order valence-electron chi connectivity index (χ1n) is 14.2. The Morgan fingerprint density at radius 3 is 1.30 bits per heavy atom. The lowest BCUT2D eigenvalue weighted by Gasteiger charge is -2.22. The normalized spacial score (nSPS) is 21.8. The second-order valence-corrected chi connectivity index (χ2v) is 11.0. The second kappa shape index (κ2) is 11.3. The molecule has 6 heteroatoms. The maximum Gasteiger partial charge on any atom is 0.188 e.